The topological polar surface area (TPSA) is 64.7 Å². The summed E-state index contributed by atoms with van der Waals surface area (Å²) in [7, 11) is 7.25. The molecule has 0 fully saturated rings. The van der Waals surface area contributed by atoms with E-state index in [0.717, 1.165) is 17.1 Å². The Hall–Kier alpha value is -2.50. The number of anilines is 2. The summed E-state index contributed by atoms with van der Waals surface area (Å²) in [5.41, 5.74) is 3.05. The fourth-order valence-electron chi connectivity index (χ4n) is 2.12. The van der Waals surface area contributed by atoms with Crippen LogP contribution in [-0.2, 0) is 4.79 Å². The van der Waals surface area contributed by atoms with E-state index in [-0.39, 0.29) is 11.8 Å². The van der Waals surface area contributed by atoms with E-state index in [0.29, 0.717) is 12.1 Å². The van der Waals surface area contributed by atoms with Crippen LogP contribution >= 0.6 is 0 Å². The lowest BCUT2D eigenvalue weighted by Crippen LogP contribution is -2.24. The highest BCUT2D eigenvalue weighted by Gasteiger charge is 2.17. The van der Waals surface area contributed by atoms with Gasteiger partial charge in [0.25, 0.3) is 5.91 Å². The molecule has 0 unspecified atom stereocenters. The predicted octanol–water partition coefficient (Wildman–Crippen LogP) is 0.880. The van der Waals surface area contributed by atoms with Gasteiger partial charge in [-0.2, -0.15) is 0 Å². The first kappa shape index (κ1) is 14.9. The Kier molecular flexibility index (Phi) is 4.16. The number of carbonyl (C=O) groups is 2. The molecule has 2 amide bonds. The maximum Gasteiger partial charge on any atom is 0.255 e. The number of nitrogens with zero attached hydrogens (tertiary/aromatic N) is 2. The number of amides is 2. The molecule has 1 aromatic carbocycles. The third kappa shape index (κ3) is 3.34. The van der Waals surface area contributed by atoms with Gasteiger partial charge in [-0.05, 0) is 18.2 Å². The highest BCUT2D eigenvalue weighted by Crippen LogP contribution is 2.25. The van der Waals surface area contributed by atoms with Crippen LogP contribution in [0.5, 0.6) is 0 Å². The largest absolute Gasteiger partial charge is 0.377 e. The maximum atomic E-state index is 12.3. The van der Waals surface area contributed by atoms with Gasteiger partial charge in [0.15, 0.2) is 0 Å². The molecule has 112 valence electrons. The number of rotatable bonds is 4. The Morgan fingerprint density at radius 3 is 2.48 bits per heavy atom. The van der Waals surface area contributed by atoms with Gasteiger partial charge in [0.1, 0.15) is 0 Å². The Morgan fingerprint density at radius 1 is 1.24 bits per heavy atom. The molecular formula is C15H20N4O2. The number of hydrogen-bond acceptors (Lipinski definition) is 4. The minimum Gasteiger partial charge on any atom is -0.377 e. The number of nitrogens with one attached hydrogen (secondary N) is 2. The molecule has 0 aromatic heterocycles. The van der Waals surface area contributed by atoms with Crippen molar-refractivity contribution >= 4 is 23.2 Å². The van der Waals surface area contributed by atoms with Crippen LogP contribution in [0, 0.1) is 0 Å². The zero-order valence-corrected chi connectivity index (χ0v) is 12.7. The normalized spacial score (nSPS) is 13.5. The summed E-state index contributed by atoms with van der Waals surface area (Å²) in [6.07, 6.45) is 1.52. The summed E-state index contributed by atoms with van der Waals surface area (Å²) in [6, 6.07) is 5.59. The highest BCUT2D eigenvalue weighted by atomic mass is 16.2. The molecule has 2 N–H and O–H groups in total. The molecule has 1 aromatic rings. The maximum absolute atomic E-state index is 12.3. The molecule has 1 aliphatic rings. The molecule has 0 saturated heterocycles. The number of benzene rings is 1. The van der Waals surface area contributed by atoms with E-state index < -0.39 is 0 Å². The molecule has 0 atom stereocenters. The average molecular weight is 288 g/mol. The molecule has 0 aliphatic carbocycles. The van der Waals surface area contributed by atoms with E-state index in [1.807, 2.05) is 31.1 Å². The first-order chi connectivity index (χ1) is 9.88. The SMILES string of the molecule is CN(C)C(=O)c1cc(NC2=CC(=O)NC2)ccc1N(C)C. The monoisotopic (exact) mass is 288 g/mol. The van der Waals surface area contributed by atoms with Gasteiger partial charge >= 0.3 is 0 Å². The average Bonchev–Trinajstić information content (AvgIpc) is 2.82. The van der Waals surface area contributed by atoms with E-state index >= 15 is 0 Å². The number of hydrogen-bond donors (Lipinski definition) is 2. The Labute approximate surface area is 124 Å². The van der Waals surface area contributed by atoms with Gasteiger partial charge in [-0.15, -0.1) is 0 Å². The van der Waals surface area contributed by atoms with E-state index in [1.165, 1.54) is 6.08 Å². The molecule has 0 saturated carbocycles. The molecule has 6 heteroatoms. The molecule has 2 rings (SSSR count). The van der Waals surface area contributed by atoms with Crippen LogP contribution < -0.4 is 15.5 Å². The molecule has 0 bridgehead atoms. The standard InChI is InChI=1S/C15H20N4O2/c1-18(2)13-6-5-10(7-12(13)15(21)19(3)4)17-11-8-14(20)16-9-11/h5-8,17H,9H2,1-4H3,(H,16,20). The van der Waals surface area contributed by atoms with Gasteiger partial charge in [0.2, 0.25) is 5.91 Å². The molecule has 6 nitrogen and oxygen atoms in total. The zero-order valence-electron chi connectivity index (χ0n) is 12.7. The lowest BCUT2D eigenvalue weighted by atomic mass is 10.1. The van der Waals surface area contributed by atoms with Crippen molar-refractivity contribution < 1.29 is 9.59 Å². The highest BCUT2D eigenvalue weighted by molar-refractivity contribution is 6.00. The van der Waals surface area contributed by atoms with Gasteiger partial charge in [-0.1, -0.05) is 0 Å². The summed E-state index contributed by atoms with van der Waals surface area (Å²) in [5, 5.41) is 5.86. The van der Waals surface area contributed by atoms with E-state index in [4.69, 9.17) is 0 Å². The van der Waals surface area contributed by atoms with Crippen LogP contribution in [0.25, 0.3) is 0 Å². The van der Waals surface area contributed by atoms with Crippen molar-refractivity contribution in [1.29, 1.82) is 0 Å². The van der Waals surface area contributed by atoms with Gasteiger partial charge in [-0.25, -0.2) is 0 Å². The Bertz CT molecular complexity index is 606. The van der Waals surface area contributed by atoms with Crippen LogP contribution in [0.3, 0.4) is 0 Å². The van der Waals surface area contributed by atoms with E-state index in [2.05, 4.69) is 10.6 Å². The first-order valence-corrected chi connectivity index (χ1v) is 6.67. The third-order valence-electron chi connectivity index (χ3n) is 3.18. The van der Waals surface area contributed by atoms with E-state index in [1.54, 1.807) is 25.1 Å². The molecule has 1 heterocycles. The smallest absolute Gasteiger partial charge is 0.255 e. The zero-order chi connectivity index (χ0) is 15.6. The third-order valence-corrected chi connectivity index (χ3v) is 3.18. The van der Waals surface area contributed by atoms with Crippen molar-refractivity contribution in [3.05, 3.63) is 35.5 Å². The summed E-state index contributed by atoms with van der Waals surface area (Å²) in [4.78, 5) is 26.9. The first-order valence-electron chi connectivity index (χ1n) is 6.67. The van der Waals surface area contributed by atoms with Crippen LogP contribution in [0.4, 0.5) is 11.4 Å². The molecule has 21 heavy (non-hydrogen) atoms. The fourth-order valence-corrected chi connectivity index (χ4v) is 2.12. The fraction of sp³-hybridized carbons (Fsp3) is 0.333. The molecule has 0 spiro atoms. The van der Waals surface area contributed by atoms with E-state index in [9.17, 15) is 9.59 Å². The quantitative estimate of drug-likeness (QED) is 0.863. The van der Waals surface area contributed by atoms with Crippen LogP contribution in [0.15, 0.2) is 30.0 Å². The second kappa shape index (κ2) is 5.87. The molecule has 0 radical (unpaired) electrons. The summed E-state index contributed by atoms with van der Waals surface area (Å²) >= 11 is 0. The van der Waals surface area contributed by atoms with Crippen molar-refractivity contribution in [1.82, 2.24) is 10.2 Å². The lowest BCUT2D eigenvalue weighted by Gasteiger charge is -2.20. The van der Waals surface area contributed by atoms with Gasteiger partial charge < -0.3 is 20.4 Å². The number of carbonyl (C=O) groups excluding carboxylic acids is 2. The predicted molar refractivity (Wildman–Crippen MR) is 83.5 cm³/mol. The lowest BCUT2D eigenvalue weighted by molar-refractivity contribution is -0.115. The van der Waals surface area contributed by atoms with Crippen LogP contribution in [0.2, 0.25) is 0 Å². The molecular weight excluding hydrogens is 268 g/mol. The van der Waals surface area contributed by atoms with Gasteiger partial charge in [-0.3, -0.25) is 9.59 Å². The summed E-state index contributed by atoms with van der Waals surface area (Å²) in [5.74, 6) is -0.163. The molecule has 1 aliphatic heterocycles. The second-order valence-corrected chi connectivity index (χ2v) is 5.34. The minimum atomic E-state index is -0.105. The summed E-state index contributed by atoms with van der Waals surface area (Å²) in [6.45, 7) is 0.477. The van der Waals surface area contributed by atoms with Crippen molar-refractivity contribution in [3.8, 4) is 0 Å². The Morgan fingerprint density at radius 2 is 1.95 bits per heavy atom. The van der Waals surface area contributed by atoms with Gasteiger partial charge in [0.05, 0.1) is 12.1 Å². The van der Waals surface area contributed by atoms with Crippen molar-refractivity contribution in [2.24, 2.45) is 0 Å². The summed E-state index contributed by atoms with van der Waals surface area (Å²) < 4.78 is 0. The van der Waals surface area contributed by atoms with Gasteiger partial charge in [0, 0.05) is 51.3 Å². The minimum absolute atomic E-state index is 0.0584. The van der Waals surface area contributed by atoms with Crippen molar-refractivity contribution in [3.63, 3.8) is 0 Å². The van der Waals surface area contributed by atoms with Crippen molar-refractivity contribution in [2.45, 2.75) is 0 Å². The Balaban J connectivity index is 2.32. The second-order valence-electron chi connectivity index (χ2n) is 5.34. The van der Waals surface area contributed by atoms with Crippen LogP contribution in [-0.4, -0.2) is 51.4 Å². The van der Waals surface area contributed by atoms with Crippen molar-refractivity contribution in [2.75, 3.05) is 45.0 Å². The van der Waals surface area contributed by atoms with Crippen LogP contribution in [0.1, 0.15) is 10.4 Å².